The first-order valence-corrected chi connectivity index (χ1v) is 8.62. The quantitative estimate of drug-likeness (QED) is 0.773. The zero-order chi connectivity index (χ0) is 20.0. The largest absolute Gasteiger partial charge is 0.494 e. The Hall–Kier alpha value is -2.96. The first kappa shape index (κ1) is 20.4. The summed E-state index contributed by atoms with van der Waals surface area (Å²) in [5.74, 6) is -3.07. The van der Waals surface area contributed by atoms with Crippen LogP contribution in [0.15, 0.2) is 42.5 Å². The molecule has 144 valence electrons. The van der Waals surface area contributed by atoms with Gasteiger partial charge in [-0.25, -0.2) is 8.78 Å². The van der Waals surface area contributed by atoms with Crippen LogP contribution >= 0.6 is 0 Å². The molecule has 2 rings (SSSR count). The summed E-state index contributed by atoms with van der Waals surface area (Å²) in [5.41, 5.74) is -0.197. The van der Waals surface area contributed by atoms with Crippen molar-refractivity contribution in [3.63, 3.8) is 0 Å². The van der Waals surface area contributed by atoms with Gasteiger partial charge >= 0.3 is 0 Å². The number of hydrogen-bond donors (Lipinski definition) is 2. The van der Waals surface area contributed by atoms with Crippen molar-refractivity contribution >= 4 is 17.5 Å². The number of anilines is 1. The van der Waals surface area contributed by atoms with E-state index in [9.17, 15) is 18.4 Å². The number of amides is 2. The Balaban J connectivity index is 2.12. The molecule has 0 spiro atoms. The second kappa shape index (κ2) is 9.12. The maximum absolute atomic E-state index is 13.8. The van der Waals surface area contributed by atoms with Crippen molar-refractivity contribution < 1.29 is 23.1 Å². The molecule has 0 fully saturated rings. The molecule has 0 heterocycles. The third kappa shape index (κ3) is 5.26. The van der Waals surface area contributed by atoms with Crippen LogP contribution < -0.4 is 15.4 Å². The average Bonchev–Trinajstić information content (AvgIpc) is 2.61. The predicted octanol–water partition coefficient (Wildman–Crippen LogP) is 3.76. The number of rotatable bonds is 7. The first-order chi connectivity index (χ1) is 12.8. The van der Waals surface area contributed by atoms with Crippen molar-refractivity contribution in [2.45, 2.75) is 26.8 Å². The van der Waals surface area contributed by atoms with Crippen molar-refractivity contribution in [1.29, 1.82) is 0 Å². The Kier molecular flexibility index (Phi) is 6.87. The van der Waals surface area contributed by atoms with Crippen LogP contribution in [0.2, 0.25) is 0 Å². The Morgan fingerprint density at radius 2 is 1.63 bits per heavy atom. The lowest BCUT2D eigenvalue weighted by molar-refractivity contribution is -0.118. The second-order valence-corrected chi connectivity index (χ2v) is 6.24. The second-order valence-electron chi connectivity index (χ2n) is 6.24. The van der Waals surface area contributed by atoms with Crippen molar-refractivity contribution in [1.82, 2.24) is 5.32 Å². The van der Waals surface area contributed by atoms with E-state index in [1.807, 2.05) is 6.92 Å². The molecule has 2 amide bonds. The fraction of sp³-hybridized carbons (Fsp3) is 0.300. The highest BCUT2D eigenvalue weighted by Crippen LogP contribution is 2.17. The number of ether oxygens (including phenoxy) is 1. The maximum atomic E-state index is 13.8. The van der Waals surface area contributed by atoms with Gasteiger partial charge in [0.25, 0.3) is 5.91 Å². The molecule has 2 N–H and O–H groups in total. The van der Waals surface area contributed by atoms with Gasteiger partial charge in [-0.15, -0.1) is 0 Å². The Morgan fingerprint density at radius 3 is 2.15 bits per heavy atom. The third-order valence-corrected chi connectivity index (χ3v) is 3.86. The van der Waals surface area contributed by atoms with E-state index in [2.05, 4.69) is 10.6 Å². The fourth-order valence-corrected chi connectivity index (χ4v) is 2.48. The number of carbonyl (C=O) groups is 2. The Bertz CT molecular complexity index is 787. The van der Waals surface area contributed by atoms with Gasteiger partial charge < -0.3 is 15.4 Å². The number of benzene rings is 2. The smallest absolute Gasteiger partial charge is 0.257 e. The van der Waals surface area contributed by atoms with E-state index in [0.717, 1.165) is 12.1 Å². The van der Waals surface area contributed by atoms with Gasteiger partial charge in [0, 0.05) is 5.69 Å². The van der Waals surface area contributed by atoms with Crippen LogP contribution in [0.25, 0.3) is 0 Å². The molecule has 0 aliphatic heterocycles. The van der Waals surface area contributed by atoms with Crippen molar-refractivity contribution in [2.24, 2.45) is 5.92 Å². The highest BCUT2D eigenvalue weighted by atomic mass is 19.1. The molecular formula is C20H22F2N2O3. The molecule has 27 heavy (non-hydrogen) atoms. The van der Waals surface area contributed by atoms with E-state index in [-0.39, 0.29) is 5.92 Å². The van der Waals surface area contributed by atoms with Gasteiger partial charge in [0.15, 0.2) is 0 Å². The van der Waals surface area contributed by atoms with Gasteiger partial charge in [-0.3, -0.25) is 9.59 Å². The Labute approximate surface area is 156 Å². The molecule has 2 aromatic carbocycles. The highest BCUT2D eigenvalue weighted by Gasteiger charge is 2.27. The van der Waals surface area contributed by atoms with Gasteiger partial charge in [-0.1, -0.05) is 19.9 Å². The molecule has 0 saturated carbocycles. The summed E-state index contributed by atoms with van der Waals surface area (Å²) in [6.07, 6.45) is 0. The molecule has 0 aromatic heterocycles. The van der Waals surface area contributed by atoms with Crippen LogP contribution in [-0.4, -0.2) is 24.5 Å². The van der Waals surface area contributed by atoms with Gasteiger partial charge in [-0.05, 0) is 49.2 Å². The molecule has 0 bridgehead atoms. The number of carbonyl (C=O) groups excluding carboxylic acids is 2. The molecule has 1 atom stereocenters. The average molecular weight is 376 g/mol. The van der Waals surface area contributed by atoms with E-state index in [1.54, 1.807) is 38.1 Å². The molecule has 0 aliphatic carbocycles. The molecule has 1 unspecified atom stereocenters. The van der Waals surface area contributed by atoms with Crippen LogP contribution in [0.1, 0.15) is 31.1 Å². The molecule has 7 heteroatoms. The summed E-state index contributed by atoms with van der Waals surface area (Å²) in [5, 5.41) is 5.09. The first-order valence-electron chi connectivity index (χ1n) is 8.62. The van der Waals surface area contributed by atoms with Crippen LogP contribution in [0, 0.1) is 17.6 Å². The summed E-state index contributed by atoms with van der Waals surface area (Å²) in [4.78, 5) is 24.8. The Morgan fingerprint density at radius 1 is 1.04 bits per heavy atom. The van der Waals surface area contributed by atoms with E-state index in [1.165, 1.54) is 6.07 Å². The maximum Gasteiger partial charge on any atom is 0.257 e. The summed E-state index contributed by atoms with van der Waals surface area (Å²) < 4.78 is 32.9. The minimum Gasteiger partial charge on any atom is -0.494 e. The summed E-state index contributed by atoms with van der Waals surface area (Å²) >= 11 is 0. The summed E-state index contributed by atoms with van der Waals surface area (Å²) in [6, 6.07) is 8.92. The molecule has 5 nitrogen and oxygen atoms in total. The minimum atomic E-state index is -0.984. The van der Waals surface area contributed by atoms with E-state index in [4.69, 9.17) is 4.74 Å². The standard InChI is InChI=1S/C20H22F2N2O3/c1-4-27-14-10-8-13(9-11-14)23-20(26)18(12(2)3)24-19(25)17-15(21)6-5-7-16(17)22/h5-12,18H,4H2,1-3H3,(H,23,26)(H,24,25). The molecule has 0 radical (unpaired) electrons. The van der Waals surface area contributed by atoms with Crippen molar-refractivity contribution in [3.8, 4) is 5.75 Å². The van der Waals surface area contributed by atoms with Crippen LogP contribution in [0.3, 0.4) is 0 Å². The SMILES string of the molecule is CCOc1ccc(NC(=O)C(NC(=O)c2c(F)cccc2F)C(C)C)cc1. The molecule has 0 saturated heterocycles. The van der Waals surface area contributed by atoms with Gasteiger partial charge in [0.1, 0.15) is 29.0 Å². The summed E-state index contributed by atoms with van der Waals surface area (Å²) in [7, 11) is 0. The van der Waals surface area contributed by atoms with Crippen molar-refractivity contribution in [2.75, 3.05) is 11.9 Å². The zero-order valence-electron chi connectivity index (χ0n) is 15.4. The van der Waals surface area contributed by atoms with Crippen molar-refractivity contribution in [3.05, 3.63) is 59.7 Å². The monoisotopic (exact) mass is 376 g/mol. The topological polar surface area (TPSA) is 67.4 Å². The van der Waals surface area contributed by atoms with E-state index >= 15 is 0 Å². The fourth-order valence-electron chi connectivity index (χ4n) is 2.48. The number of hydrogen-bond acceptors (Lipinski definition) is 3. The van der Waals surface area contributed by atoms with E-state index in [0.29, 0.717) is 18.0 Å². The van der Waals surface area contributed by atoms with Gasteiger partial charge in [-0.2, -0.15) is 0 Å². The minimum absolute atomic E-state index is 0.300. The lowest BCUT2D eigenvalue weighted by Gasteiger charge is -2.22. The van der Waals surface area contributed by atoms with Gasteiger partial charge in [0.05, 0.1) is 6.61 Å². The van der Waals surface area contributed by atoms with Gasteiger partial charge in [0.2, 0.25) is 5.91 Å². The molecule has 0 aliphatic rings. The van der Waals surface area contributed by atoms with E-state index < -0.39 is 35.1 Å². The molecular weight excluding hydrogens is 354 g/mol. The third-order valence-electron chi connectivity index (χ3n) is 3.86. The lowest BCUT2D eigenvalue weighted by atomic mass is 10.0. The van der Waals surface area contributed by atoms with Crippen LogP contribution in [0.4, 0.5) is 14.5 Å². The number of nitrogens with one attached hydrogen (secondary N) is 2. The lowest BCUT2D eigenvalue weighted by Crippen LogP contribution is -2.47. The zero-order valence-corrected chi connectivity index (χ0v) is 15.4. The van der Waals surface area contributed by atoms with Crippen LogP contribution in [-0.2, 0) is 4.79 Å². The highest BCUT2D eigenvalue weighted by molar-refractivity contribution is 6.01. The summed E-state index contributed by atoms with van der Waals surface area (Å²) in [6.45, 7) is 5.84. The normalized spacial score (nSPS) is 11.8. The molecule has 2 aromatic rings. The predicted molar refractivity (Wildman–Crippen MR) is 98.7 cm³/mol. The number of halogens is 2. The van der Waals surface area contributed by atoms with Crippen LogP contribution in [0.5, 0.6) is 5.75 Å².